The van der Waals surface area contributed by atoms with Crippen LogP contribution in [0.1, 0.15) is 17.3 Å². The third kappa shape index (κ3) is 4.67. The van der Waals surface area contributed by atoms with E-state index in [-0.39, 0.29) is 5.56 Å². The van der Waals surface area contributed by atoms with E-state index in [9.17, 15) is 19.2 Å². The second-order valence-electron chi connectivity index (χ2n) is 4.60. The van der Waals surface area contributed by atoms with Crippen LogP contribution in [0, 0.1) is 11.0 Å². The Morgan fingerprint density at radius 3 is 2.35 bits per heavy atom. The Labute approximate surface area is 131 Å². The largest absolute Gasteiger partial charge is 0.619 e. The van der Waals surface area contributed by atoms with Crippen molar-refractivity contribution in [3.05, 3.63) is 65.4 Å². The minimum atomic E-state index is -0.902. The molecule has 0 saturated carbocycles. The first kappa shape index (κ1) is 16.2. The lowest BCUT2D eigenvalue weighted by Gasteiger charge is -2.15. The van der Waals surface area contributed by atoms with Gasteiger partial charge in [0.15, 0.2) is 18.5 Å². The molecule has 2 N–H and O–H groups in total. The van der Waals surface area contributed by atoms with Crippen molar-refractivity contribution < 1.29 is 23.4 Å². The number of halogens is 1. The zero-order chi connectivity index (χ0) is 16.8. The molecule has 0 aliphatic carbocycles. The Hall–Kier alpha value is -3.16. The van der Waals surface area contributed by atoms with Crippen LogP contribution in [0.3, 0.4) is 0 Å². The normalized spacial score (nSPS) is 11.4. The molecule has 2 aromatic rings. The molecule has 1 unspecified atom stereocenters. The number of ether oxygens (including phenoxy) is 1. The summed E-state index contributed by atoms with van der Waals surface area (Å²) in [5.74, 6) is -1.25. The van der Waals surface area contributed by atoms with Crippen molar-refractivity contribution >= 4 is 11.8 Å². The molecular formula is C15H14FN3O4. The molecule has 120 valence electrons. The van der Waals surface area contributed by atoms with Gasteiger partial charge in [0.2, 0.25) is 0 Å². The van der Waals surface area contributed by atoms with Crippen LogP contribution in [-0.4, -0.2) is 17.9 Å². The highest BCUT2D eigenvalue weighted by molar-refractivity contribution is 5.95. The summed E-state index contributed by atoms with van der Waals surface area (Å²) in [7, 11) is 0. The first-order chi connectivity index (χ1) is 11.0. The van der Waals surface area contributed by atoms with Crippen molar-refractivity contribution in [2.45, 2.75) is 13.0 Å². The Balaban J connectivity index is 1.84. The van der Waals surface area contributed by atoms with E-state index in [1.165, 1.54) is 43.3 Å². The topological polar surface area (TPSA) is 94.4 Å². The number of carbonyl (C=O) groups excluding carboxylic acids is 2. The maximum absolute atomic E-state index is 12.8. The summed E-state index contributed by atoms with van der Waals surface area (Å²) in [6, 6.07) is 7.82. The van der Waals surface area contributed by atoms with Crippen LogP contribution < -0.4 is 20.3 Å². The van der Waals surface area contributed by atoms with Gasteiger partial charge in [-0.15, -0.1) is 0 Å². The molecule has 1 aromatic heterocycles. The molecule has 7 nitrogen and oxygen atoms in total. The van der Waals surface area contributed by atoms with Gasteiger partial charge in [0.25, 0.3) is 11.8 Å². The van der Waals surface area contributed by atoms with Crippen LogP contribution in [0.4, 0.5) is 4.39 Å². The van der Waals surface area contributed by atoms with Gasteiger partial charge in [-0.3, -0.25) is 20.4 Å². The molecule has 2 amide bonds. The summed E-state index contributed by atoms with van der Waals surface area (Å²) in [5, 5.41) is 10.9. The van der Waals surface area contributed by atoms with E-state index in [4.69, 9.17) is 4.74 Å². The Kier molecular flexibility index (Phi) is 5.08. The van der Waals surface area contributed by atoms with Crippen molar-refractivity contribution in [2.24, 2.45) is 0 Å². The lowest BCUT2D eigenvalue weighted by atomic mass is 10.2. The molecule has 0 bridgehead atoms. The van der Waals surface area contributed by atoms with Crippen LogP contribution in [0.5, 0.6) is 5.75 Å². The van der Waals surface area contributed by atoms with Crippen molar-refractivity contribution in [2.75, 3.05) is 0 Å². The molecule has 1 heterocycles. The van der Waals surface area contributed by atoms with E-state index < -0.39 is 23.7 Å². The molecule has 0 aliphatic heterocycles. The summed E-state index contributed by atoms with van der Waals surface area (Å²) < 4.78 is 18.6. The highest BCUT2D eigenvalue weighted by Gasteiger charge is 2.16. The van der Waals surface area contributed by atoms with Gasteiger partial charge in [-0.1, -0.05) is 0 Å². The predicted molar refractivity (Wildman–Crippen MR) is 77.5 cm³/mol. The van der Waals surface area contributed by atoms with E-state index in [0.29, 0.717) is 10.5 Å². The number of hydrazine groups is 1. The minimum Gasteiger partial charge on any atom is -0.619 e. The molecular weight excluding hydrogens is 305 g/mol. The monoisotopic (exact) mass is 319 g/mol. The molecule has 0 spiro atoms. The highest BCUT2D eigenvalue weighted by atomic mass is 19.1. The number of pyridine rings is 1. The van der Waals surface area contributed by atoms with Crippen LogP contribution >= 0.6 is 0 Å². The van der Waals surface area contributed by atoms with Crippen LogP contribution in [0.15, 0.2) is 48.8 Å². The molecule has 23 heavy (non-hydrogen) atoms. The minimum absolute atomic E-state index is 0.213. The Morgan fingerprint density at radius 2 is 1.74 bits per heavy atom. The van der Waals surface area contributed by atoms with Gasteiger partial charge in [-0.25, -0.2) is 4.39 Å². The van der Waals surface area contributed by atoms with Crippen molar-refractivity contribution in [1.82, 2.24) is 10.9 Å². The SMILES string of the molecule is CC(Oc1ccc(F)cc1)C(=O)NNC(=O)c1cc[n+]([O-])cc1. The first-order valence-electron chi connectivity index (χ1n) is 6.67. The molecule has 0 aliphatic rings. The number of carbonyl (C=O) groups is 2. The fourth-order valence-electron chi connectivity index (χ4n) is 1.63. The number of hydrogen-bond donors (Lipinski definition) is 2. The van der Waals surface area contributed by atoms with E-state index in [0.717, 1.165) is 12.4 Å². The fourth-order valence-corrected chi connectivity index (χ4v) is 1.63. The van der Waals surface area contributed by atoms with Gasteiger partial charge in [-0.05, 0) is 31.2 Å². The first-order valence-corrected chi connectivity index (χ1v) is 6.67. The molecule has 2 rings (SSSR count). The second kappa shape index (κ2) is 7.21. The van der Waals surface area contributed by atoms with Gasteiger partial charge >= 0.3 is 0 Å². The summed E-state index contributed by atoms with van der Waals surface area (Å²) in [6.45, 7) is 1.48. The van der Waals surface area contributed by atoms with E-state index in [1.54, 1.807) is 0 Å². The summed E-state index contributed by atoms with van der Waals surface area (Å²) in [4.78, 5) is 23.6. The van der Waals surface area contributed by atoms with Gasteiger partial charge in [0, 0.05) is 12.1 Å². The number of benzene rings is 1. The van der Waals surface area contributed by atoms with Crippen LogP contribution in [-0.2, 0) is 4.79 Å². The Bertz CT molecular complexity index is 689. The smallest absolute Gasteiger partial charge is 0.279 e. The fraction of sp³-hybridized carbons (Fsp3) is 0.133. The van der Waals surface area contributed by atoms with Gasteiger partial charge in [0.05, 0.1) is 5.56 Å². The van der Waals surface area contributed by atoms with Crippen molar-refractivity contribution in [1.29, 1.82) is 0 Å². The van der Waals surface area contributed by atoms with E-state index >= 15 is 0 Å². The highest BCUT2D eigenvalue weighted by Crippen LogP contribution is 2.12. The lowest BCUT2D eigenvalue weighted by molar-refractivity contribution is -0.605. The Morgan fingerprint density at radius 1 is 1.13 bits per heavy atom. The third-order valence-electron chi connectivity index (χ3n) is 2.86. The summed E-state index contributed by atoms with van der Waals surface area (Å²) in [5.41, 5.74) is 4.62. The maximum atomic E-state index is 12.8. The third-order valence-corrected chi connectivity index (χ3v) is 2.86. The predicted octanol–water partition coefficient (Wildman–Crippen LogP) is 0.688. The number of amides is 2. The average molecular weight is 319 g/mol. The van der Waals surface area contributed by atoms with Gasteiger partial charge < -0.3 is 9.94 Å². The molecule has 1 aromatic carbocycles. The molecule has 0 saturated heterocycles. The molecule has 1 atom stereocenters. The van der Waals surface area contributed by atoms with E-state index in [2.05, 4.69) is 10.9 Å². The standard InChI is InChI=1S/C15H14FN3O4/c1-10(23-13-4-2-12(16)3-5-13)14(20)17-18-15(21)11-6-8-19(22)9-7-11/h2-10H,1H3,(H,17,20)(H,18,21). The van der Waals surface area contributed by atoms with Gasteiger partial charge in [0.1, 0.15) is 11.6 Å². The number of hydrogen-bond acceptors (Lipinski definition) is 4. The number of rotatable bonds is 4. The quantitative estimate of drug-likeness (QED) is 0.492. The number of aromatic nitrogens is 1. The van der Waals surface area contributed by atoms with E-state index in [1.807, 2.05) is 0 Å². The van der Waals surface area contributed by atoms with Crippen LogP contribution in [0.25, 0.3) is 0 Å². The summed E-state index contributed by atoms with van der Waals surface area (Å²) >= 11 is 0. The molecule has 8 heteroatoms. The molecule has 0 fully saturated rings. The summed E-state index contributed by atoms with van der Waals surface area (Å²) in [6.07, 6.45) is 1.42. The zero-order valence-electron chi connectivity index (χ0n) is 12.2. The maximum Gasteiger partial charge on any atom is 0.279 e. The zero-order valence-corrected chi connectivity index (χ0v) is 12.2. The van der Waals surface area contributed by atoms with Gasteiger partial charge in [-0.2, -0.15) is 4.73 Å². The lowest BCUT2D eigenvalue weighted by Crippen LogP contribution is -2.47. The average Bonchev–Trinajstić information content (AvgIpc) is 2.55. The number of nitrogens with zero attached hydrogens (tertiary/aromatic N) is 1. The molecule has 0 radical (unpaired) electrons. The van der Waals surface area contributed by atoms with Crippen molar-refractivity contribution in [3.8, 4) is 5.75 Å². The second-order valence-corrected chi connectivity index (χ2v) is 4.60. The van der Waals surface area contributed by atoms with Crippen molar-refractivity contribution in [3.63, 3.8) is 0 Å². The number of nitrogens with one attached hydrogen (secondary N) is 2. The van der Waals surface area contributed by atoms with Crippen LogP contribution in [0.2, 0.25) is 0 Å².